The fraction of sp³-hybridized carbons (Fsp3) is 0.700. The van der Waals surface area contributed by atoms with Gasteiger partial charge in [0.1, 0.15) is 18.0 Å². The molecule has 28 heavy (non-hydrogen) atoms. The van der Waals surface area contributed by atoms with E-state index in [4.69, 9.17) is 4.52 Å². The van der Waals surface area contributed by atoms with Crippen LogP contribution in [0.3, 0.4) is 0 Å². The topological polar surface area (TPSA) is 91.4 Å². The van der Waals surface area contributed by atoms with Gasteiger partial charge in [-0.1, -0.05) is 19.0 Å². The lowest BCUT2D eigenvalue weighted by Crippen LogP contribution is -2.42. The van der Waals surface area contributed by atoms with Gasteiger partial charge < -0.3 is 19.4 Å². The van der Waals surface area contributed by atoms with Gasteiger partial charge >= 0.3 is 0 Å². The van der Waals surface area contributed by atoms with Crippen molar-refractivity contribution in [3.05, 3.63) is 24.1 Å². The second-order valence-corrected chi connectivity index (χ2v) is 8.17. The largest absolute Gasteiger partial charge is 0.394 e. The Balaban J connectivity index is 1.42. The first kappa shape index (κ1) is 19.1. The summed E-state index contributed by atoms with van der Waals surface area (Å²) >= 11 is 0. The molecular formula is C20H30N6O2. The molecular weight excluding hydrogens is 356 g/mol. The molecule has 0 aromatic carbocycles. The number of rotatable bonds is 5. The van der Waals surface area contributed by atoms with E-state index in [0.717, 1.165) is 68.7 Å². The number of nitrogens with zero attached hydrogens (tertiary/aromatic N) is 6. The van der Waals surface area contributed by atoms with Crippen LogP contribution in [-0.2, 0) is 0 Å². The zero-order valence-corrected chi connectivity index (χ0v) is 16.8. The number of aliphatic hydroxyl groups excluding tert-OH is 1. The van der Waals surface area contributed by atoms with Crippen molar-refractivity contribution in [2.45, 2.75) is 63.8 Å². The summed E-state index contributed by atoms with van der Waals surface area (Å²) in [5.74, 6) is 4.05. The van der Waals surface area contributed by atoms with Gasteiger partial charge in [0.15, 0.2) is 5.82 Å². The third kappa shape index (κ3) is 3.97. The molecule has 2 aromatic heterocycles. The molecule has 2 aromatic rings. The van der Waals surface area contributed by atoms with E-state index >= 15 is 0 Å². The van der Waals surface area contributed by atoms with Gasteiger partial charge in [0.25, 0.3) is 0 Å². The first-order valence-corrected chi connectivity index (χ1v) is 10.4. The maximum atomic E-state index is 9.70. The maximum absolute atomic E-state index is 9.70. The molecule has 0 radical (unpaired) electrons. The van der Waals surface area contributed by atoms with Crippen LogP contribution in [0.5, 0.6) is 0 Å². The van der Waals surface area contributed by atoms with Crippen molar-refractivity contribution < 1.29 is 9.63 Å². The van der Waals surface area contributed by atoms with Gasteiger partial charge in [-0.05, 0) is 32.1 Å². The van der Waals surface area contributed by atoms with Gasteiger partial charge in [-0.25, -0.2) is 9.97 Å². The average Bonchev–Trinajstić information content (AvgIpc) is 3.25. The highest BCUT2D eigenvalue weighted by atomic mass is 16.5. The summed E-state index contributed by atoms with van der Waals surface area (Å²) in [7, 11) is 0. The van der Waals surface area contributed by atoms with Gasteiger partial charge in [-0.2, -0.15) is 4.98 Å². The average molecular weight is 387 g/mol. The first-order chi connectivity index (χ1) is 13.7. The fourth-order valence-corrected chi connectivity index (χ4v) is 4.17. The molecule has 2 aliphatic heterocycles. The number of aliphatic hydroxyl groups is 1. The van der Waals surface area contributed by atoms with Crippen molar-refractivity contribution >= 4 is 11.6 Å². The van der Waals surface area contributed by atoms with E-state index in [1.807, 2.05) is 0 Å². The summed E-state index contributed by atoms with van der Waals surface area (Å²) in [6.07, 6.45) is 6.95. The highest BCUT2D eigenvalue weighted by molar-refractivity contribution is 5.51. The van der Waals surface area contributed by atoms with Crippen LogP contribution in [0.25, 0.3) is 0 Å². The minimum absolute atomic E-state index is 0.163. The number of anilines is 2. The zero-order valence-electron chi connectivity index (χ0n) is 16.8. The highest BCUT2D eigenvalue weighted by Gasteiger charge is 2.27. The Labute approximate surface area is 166 Å². The Hall–Kier alpha value is -2.22. The van der Waals surface area contributed by atoms with Crippen molar-refractivity contribution in [2.75, 3.05) is 36.0 Å². The predicted molar refractivity (Wildman–Crippen MR) is 107 cm³/mol. The molecule has 152 valence electrons. The van der Waals surface area contributed by atoms with E-state index in [1.165, 1.54) is 6.42 Å². The van der Waals surface area contributed by atoms with Crippen molar-refractivity contribution in [3.8, 4) is 0 Å². The molecule has 2 fully saturated rings. The zero-order chi connectivity index (χ0) is 19.5. The normalized spacial score (nSPS) is 21.5. The van der Waals surface area contributed by atoms with E-state index in [1.54, 1.807) is 6.33 Å². The predicted octanol–water partition coefficient (Wildman–Crippen LogP) is 2.72. The molecule has 4 rings (SSSR count). The molecule has 1 unspecified atom stereocenters. The molecule has 8 nitrogen and oxygen atoms in total. The minimum Gasteiger partial charge on any atom is -0.394 e. The molecule has 1 N–H and O–H groups in total. The van der Waals surface area contributed by atoms with E-state index < -0.39 is 0 Å². The Morgan fingerprint density at radius 3 is 2.61 bits per heavy atom. The molecule has 2 saturated heterocycles. The van der Waals surface area contributed by atoms with Gasteiger partial charge in [0.2, 0.25) is 5.89 Å². The molecule has 2 aliphatic rings. The van der Waals surface area contributed by atoms with Crippen molar-refractivity contribution in [3.63, 3.8) is 0 Å². The minimum atomic E-state index is 0.163. The van der Waals surface area contributed by atoms with Gasteiger partial charge in [0, 0.05) is 37.5 Å². The summed E-state index contributed by atoms with van der Waals surface area (Å²) in [5, 5.41) is 13.9. The smallest absolute Gasteiger partial charge is 0.229 e. The van der Waals surface area contributed by atoms with Gasteiger partial charge in [-0.3, -0.25) is 0 Å². The van der Waals surface area contributed by atoms with E-state index in [2.05, 4.69) is 49.8 Å². The first-order valence-electron chi connectivity index (χ1n) is 10.4. The standard InChI is InChI=1S/C20H30N6O2/c1-14(2)20-23-19(24-28-20)15-6-9-25(10-7-15)17-11-18(22-13-21-17)26-8-4-3-5-16(26)12-27/h11,13-16,27H,3-10,12H2,1-2H3. The second-order valence-electron chi connectivity index (χ2n) is 8.17. The van der Waals surface area contributed by atoms with Crippen LogP contribution in [0, 0.1) is 0 Å². The maximum Gasteiger partial charge on any atom is 0.229 e. The lowest BCUT2D eigenvalue weighted by molar-refractivity contribution is 0.239. The molecule has 0 aliphatic carbocycles. The van der Waals surface area contributed by atoms with Gasteiger partial charge in [0.05, 0.1) is 12.6 Å². The lowest BCUT2D eigenvalue weighted by Gasteiger charge is -2.36. The van der Waals surface area contributed by atoms with E-state index in [-0.39, 0.29) is 18.6 Å². The molecule has 0 saturated carbocycles. The van der Waals surface area contributed by atoms with Crippen molar-refractivity contribution in [1.82, 2.24) is 20.1 Å². The molecule has 1 atom stereocenters. The number of hydrogen-bond donors (Lipinski definition) is 1. The summed E-state index contributed by atoms with van der Waals surface area (Å²) < 4.78 is 5.37. The van der Waals surface area contributed by atoms with Crippen LogP contribution in [0.15, 0.2) is 16.9 Å². The monoisotopic (exact) mass is 386 g/mol. The van der Waals surface area contributed by atoms with Crippen molar-refractivity contribution in [1.29, 1.82) is 0 Å². The third-order valence-corrected chi connectivity index (χ3v) is 5.91. The summed E-state index contributed by atoms with van der Waals surface area (Å²) in [6.45, 7) is 7.08. The van der Waals surface area contributed by atoms with E-state index in [0.29, 0.717) is 5.92 Å². The van der Waals surface area contributed by atoms with Crippen LogP contribution < -0.4 is 9.80 Å². The van der Waals surface area contributed by atoms with Crippen LogP contribution in [0.4, 0.5) is 11.6 Å². The summed E-state index contributed by atoms with van der Waals surface area (Å²) in [6, 6.07) is 2.23. The van der Waals surface area contributed by atoms with Crippen LogP contribution in [0.2, 0.25) is 0 Å². The lowest BCUT2D eigenvalue weighted by atomic mass is 9.96. The summed E-state index contributed by atoms with van der Waals surface area (Å²) in [4.78, 5) is 18.1. The molecule has 8 heteroatoms. The number of aromatic nitrogens is 4. The van der Waals surface area contributed by atoms with Crippen LogP contribution >= 0.6 is 0 Å². The Bertz CT molecular complexity index is 772. The Kier molecular flexibility index (Phi) is 5.75. The fourth-order valence-electron chi connectivity index (χ4n) is 4.17. The van der Waals surface area contributed by atoms with Crippen LogP contribution in [0.1, 0.15) is 69.5 Å². The van der Waals surface area contributed by atoms with E-state index in [9.17, 15) is 5.11 Å². The number of hydrogen-bond acceptors (Lipinski definition) is 8. The van der Waals surface area contributed by atoms with Gasteiger partial charge in [-0.15, -0.1) is 0 Å². The Morgan fingerprint density at radius 1 is 1.11 bits per heavy atom. The number of piperidine rings is 2. The van der Waals surface area contributed by atoms with Crippen molar-refractivity contribution in [2.24, 2.45) is 0 Å². The van der Waals surface area contributed by atoms with Crippen LogP contribution in [-0.4, -0.2) is 57.5 Å². The Morgan fingerprint density at radius 2 is 1.89 bits per heavy atom. The molecule has 0 bridgehead atoms. The molecule has 4 heterocycles. The third-order valence-electron chi connectivity index (χ3n) is 5.91. The molecule has 0 amide bonds. The quantitative estimate of drug-likeness (QED) is 0.839. The SMILES string of the molecule is CC(C)c1nc(C2CCN(c3cc(N4CCCCC4CO)ncn3)CC2)no1. The second kappa shape index (κ2) is 8.43. The summed E-state index contributed by atoms with van der Waals surface area (Å²) in [5.41, 5.74) is 0. The highest BCUT2D eigenvalue weighted by Crippen LogP contribution is 2.31. The molecule has 0 spiro atoms.